The number of benzene rings is 1. The summed E-state index contributed by atoms with van der Waals surface area (Å²) in [5.74, 6) is 0.410. The second-order valence-corrected chi connectivity index (χ2v) is 8.56. The molecule has 0 aliphatic carbocycles. The first kappa shape index (κ1) is 16.6. The maximum absolute atomic E-state index is 12.6. The molecule has 0 amide bonds. The van der Waals surface area contributed by atoms with Crippen molar-refractivity contribution in [1.29, 1.82) is 0 Å². The van der Waals surface area contributed by atoms with Crippen LogP contribution >= 0.6 is 39.1 Å². The van der Waals surface area contributed by atoms with E-state index in [4.69, 9.17) is 23.2 Å². The van der Waals surface area contributed by atoms with E-state index in [2.05, 4.69) is 15.9 Å². The summed E-state index contributed by atoms with van der Waals surface area (Å²) in [7, 11) is -3.51. The smallest absolute Gasteiger partial charge is 0.207 e. The summed E-state index contributed by atoms with van der Waals surface area (Å²) >= 11 is 15.2. The Morgan fingerprint density at radius 2 is 1.90 bits per heavy atom. The van der Waals surface area contributed by atoms with Gasteiger partial charge in [-0.25, -0.2) is 8.42 Å². The van der Waals surface area contributed by atoms with Gasteiger partial charge in [-0.2, -0.15) is 4.31 Å². The zero-order chi connectivity index (χ0) is 14.8. The molecule has 1 fully saturated rings. The molecule has 0 spiro atoms. The Morgan fingerprint density at radius 3 is 2.50 bits per heavy atom. The first-order valence-corrected chi connectivity index (χ1v) is 9.77. The number of sulfonamides is 1. The molecule has 1 saturated heterocycles. The van der Waals surface area contributed by atoms with Crippen molar-refractivity contribution in [1.82, 2.24) is 4.31 Å². The summed E-state index contributed by atoms with van der Waals surface area (Å²) in [6.45, 7) is 1.13. The summed E-state index contributed by atoms with van der Waals surface area (Å²) in [6.07, 6.45) is 2.96. The monoisotopic (exact) mass is 399 g/mol. The quantitative estimate of drug-likeness (QED) is 0.711. The first-order chi connectivity index (χ1) is 9.43. The van der Waals surface area contributed by atoms with Gasteiger partial charge in [-0.1, -0.05) is 39.1 Å². The van der Waals surface area contributed by atoms with E-state index in [9.17, 15) is 8.42 Å². The normalized spacial score (nSPS) is 21.1. The minimum absolute atomic E-state index is 0.175. The number of nitrogens with zero attached hydrogens (tertiary/aromatic N) is 1. The Morgan fingerprint density at radius 1 is 1.25 bits per heavy atom. The molecule has 0 N–H and O–H groups in total. The van der Waals surface area contributed by atoms with Crippen LogP contribution in [0.1, 0.15) is 19.3 Å². The Kier molecular flexibility index (Phi) is 5.77. The number of hydrogen-bond acceptors (Lipinski definition) is 2. The third-order valence-electron chi connectivity index (χ3n) is 3.47. The van der Waals surface area contributed by atoms with E-state index >= 15 is 0 Å². The highest BCUT2D eigenvalue weighted by molar-refractivity contribution is 9.09. The van der Waals surface area contributed by atoms with Crippen LogP contribution in [0.2, 0.25) is 10.0 Å². The van der Waals surface area contributed by atoms with Crippen LogP contribution in [0.25, 0.3) is 0 Å². The molecule has 1 aliphatic heterocycles. The van der Waals surface area contributed by atoms with Crippen molar-refractivity contribution in [3.63, 3.8) is 0 Å². The summed E-state index contributed by atoms with van der Waals surface area (Å²) in [5, 5.41) is 1.57. The van der Waals surface area contributed by atoms with Gasteiger partial charge in [0.25, 0.3) is 0 Å². The average Bonchev–Trinajstić information content (AvgIpc) is 2.38. The Balaban J connectivity index is 2.25. The van der Waals surface area contributed by atoms with Crippen LogP contribution in [-0.2, 0) is 10.0 Å². The summed E-state index contributed by atoms with van der Waals surface area (Å²) in [5.41, 5.74) is 0. The Hall–Kier alpha value is 0.190. The van der Waals surface area contributed by atoms with E-state index in [1.807, 2.05) is 0 Å². The highest BCUT2D eigenvalue weighted by Gasteiger charge is 2.30. The molecule has 1 aromatic carbocycles. The van der Waals surface area contributed by atoms with Crippen LogP contribution in [-0.4, -0.2) is 31.1 Å². The second-order valence-electron chi connectivity index (χ2n) is 4.95. The zero-order valence-corrected chi connectivity index (χ0v) is 14.8. The van der Waals surface area contributed by atoms with E-state index in [0.29, 0.717) is 29.1 Å². The first-order valence-electron chi connectivity index (χ1n) is 6.45. The predicted octanol–water partition coefficient (Wildman–Crippen LogP) is 4.18. The maximum atomic E-state index is 12.6. The Bertz CT molecular complexity index is 557. The molecule has 1 aromatic rings. The van der Waals surface area contributed by atoms with Gasteiger partial charge >= 0.3 is 0 Å². The van der Waals surface area contributed by atoms with Crippen LogP contribution < -0.4 is 0 Å². The van der Waals surface area contributed by atoms with Gasteiger partial charge in [0, 0.05) is 28.5 Å². The van der Waals surface area contributed by atoms with Crippen LogP contribution in [0, 0.1) is 5.92 Å². The van der Waals surface area contributed by atoms with Crippen molar-refractivity contribution in [3.05, 3.63) is 28.2 Å². The van der Waals surface area contributed by atoms with Gasteiger partial charge in [-0.3, -0.25) is 0 Å². The molecule has 20 heavy (non-hydrogen) atoms. The van der Waals surface area contributed by atoms with Crippen molar-refractivity contribution in [2.45, 2.75) is 24.2 Å². The van der Waals surface area contributed by atoms with Gasteiger partial charge in [-0.15, -0.1) is 0 Å². The minimum Gasteiger partial charge on any atom is -0.207 e. The van der Waals surface area contributed by atoms with Gasteiger partial charge in [0.15, 0.2) is 0 Å². The Labute approximate surface area is 138 Å². The number of hydrogen-bond donors (Lipinski definition) is 0. The molecule has 1 atom stereocenters. The third-order valence-corrected chi connectivity index (χ3v) is 6.21. The van der Waals surface area contributed by atoms with Gasteiger partial charge < -0.3 is 0 Å². The van der Waals surface area contributed by atoms with E-state index in [1.54, 1.807) is 4.31 Å². The number of piperidine rings is 1. The molecule has 112 valence electrons. The lowest BCUT2D eigenvalue weighted by molar-refractivity contribution is 0.263. The molecule has 2 rings (SSSR count). The molecule has 1 heterocycles. The van der Waals surface area contributed by atoms with Crippen molar-refractivity contribution in [2.75, 3.05) is 18.4 Å². The SMILES string of the molecule is O=S(=O)(c1cc(Cl)cc(Cl)c1)N1CCCC(CCBr)C1. The summed E-state index contributed by atoms with van der Waals surface area (Å²) in [6, 6.07) is 4.44. The molecule has 0 radical (unpaired) electrons. The molecular formula is C13H16BrCl2NO2S. The topological polar surface area (TPSA) is 37.4 Å². The van der Waals surface area contributed by atoms with Crippen LogP contribution in [0.4, 0.5) is 0 Å². The largest absolute Gasteiger partial charge is 0.243 e. The summed E-state index contributed by atoms with van der Waals surface area (Å²) in [4.78, 5) is 0.175. The zero-order valence-electron chi connectivity index (χ0n) is 10.9. The molecule has 0 saturated carbocycles. The number of halogens is 3. The van der Waals surface area contributed by atoms with Crippen molar-refractivity contribution in [2.24, 2.45) is 5.92 Å². The highest BCUT2D eigenvalue weighted by Crippen LogP contribution is 2.29. The van der Waals surface area contributed by atoms with Crippen LogP contribution in [0.3, 0.4) is 0 Å². The number of rotatable bonds is 4. The predicted molar refractivity (Wildman–Crippen MR) is 86.4 cm³/mol. The number of alkyl halides is 1. The lowest BCUT2D eigenvalue weighted by atomic mass is 9.97. The third kappa shape index (κ3) is 3.89. The molecule has 0 bridgehead atoms. The standard InChI is InChI=1S/C13H16BrCl2NO2S/c14-4-3-10-2-1-5-17(9-10)20(18,19)13-7-11(15)6-12(16)8-13/h6-8,10H,1-5,9H2. The van der Waals surface area contributed by atoms with Gasteiger partial charge in [0.2, 0.25) is 10.0 Å². The van der Waals surface area contributed by atoms with Crippen LogP contribution in [0.5, 0.6) is 0 Å². The summed E-state index contributed by atoms with van der Waals surface area (Å²) < 4.78 is 26.8. The molecule has 0 aromatic heterocycles. The lowest BCUT2D eigenvalue weighted by Gasteiger charge is -2.31. The molecule has 1 aliphatic rings. The van der Waals surface area contributed by atoms with Gasteiger partial charge in [-0.05, 0) is 43.4 Å². The van der Waals surface area contributed by atoms with Crippen molar-refractivity contribution >= 4 is 49.2 Å². The fourth-order valence-electron chi connectivity index (χ4n) is 2.46. The average molecular weight is 401 g/mol. The van der Waals surface area contributed by atoms with Crippen molar-refractivity contribution < 1.29 is 8.42 Å². The minimum atomic E-state index is -3.51. The van der Waals surface area contributed by atoms with Gasteiger partial charge in [0.05, 0.1) is 4.90 Å². The van der Waals surface area contributed by atoms with E-state index < -0.39 is 10.0 Å². The molecular weight excluding hydrogens is 385 g/mol. The van der Waals surface area contributed by atoms with E-state index in [1.165, 1.54) is 18.2 Å². The fraction of sp³-hybridized carbons (Fsp3) is 0.538. The molecule has 3 nitrogen and oxygen atoms in total. The van der Waals surface area contributed by atoms with E-state index in [0.717, 1.165) is 24.6 Å². The van der Waals surface area contributed by atoms with Crippen LogP contribution in [0.15, 0.2) is 23.1 Å². The maximum Gasteiger partial charge on any atom is 0.243 e. The fourth-order valence-corrected chi connectivity index (χ4v) is 5.39. The molecule has 1 unspecified atom stereocenters. The van der Waals surface area contributed by atoms with E-state index in [-0.39, 0.29) is 4.90 Å². The molecule has 7 heteroatoms. The van der Waals surface area contributed by atoms with Crippen molar-refractivity contribution in [3.8, 4) is 0 Å². The lowest BCUT2D eigenvalue weighted by Crippen LogP contribution is -2.40. The van der Waals surface area contributed by atoms with Gasteiger partial charge in [0.1, 0.15) is 0 Å². The highest BCUT2D eigenvalue weighted by atomic mass is 79.9. The second kappa shape index (κ2) is 6.97.